The van der Waals surface area contributed by atoms with E-state index in [1.807, 2.05) is 31.2 Å². The Kier molecular flexibility index (Phi) is 5.25. The summed E-state index contributed by atoms with van der Waals surface area (Å²) in [5.41, 5.74) is 4.20. The van der Waals surface area contributed by atoms with E-state index in [0.29, 0.717) is 0 Å². The third-order valence-electron chi connectivity index (χ3n) is 3.27. The summed E-state index contributed by atoms with van der Waals surface area (Å²) in [6.45, 7) is 2.04. The van der Waals surface area contributed by atoms with Gasteiger partial charge < -0.3 is 5.21 Å². The van der Waals surface area contributed by atoms with Gasteiger partial charge in [-0.3, -0.25) is 9.97 Å². The molecule has 0 unspecified atom stereocenters. The zero-order chi connectivity index (χ0) is 14.7. The van der Waals surface area contributed by atoms with Crippen molar-refractivity contribution in [2.24, 2.45) is 5.16 Å². The lowest BCUT2D eigenvalue weighted by Crippen LogP contribution is -1.86. The Balaban J connectivity index is 0.00000176. The Morgan fingerprint density at radius 1 is 0.955 bits per heavy atom. The lowest BCUT2D eigenvalue weighted by atomic mass is 10.0. The molecule has 3 aromatic heterocycles. The molecule has 0 amide bonds. The molecule has 0 aromatic carbocycles. The molecule has 3 aromatic rings. The zero-order valence-corrected chi connectivity index (χ0v) is 13.4. The molecule has 0 spiro atoms. The Morgan fingerprint density at radius 2 is 1.45 bits per heavy atom. The van der Waals surface area contributed by atoms with E-state index in [1.54, 1.807) is 36.1 Å². The Hall–Kier alpha value is -2.24. The maximum absolute atomic E-state index is 8.95. The SMILES string of the molecule is Cc1c(-c2ccncc2)sc(-c2ccncc2)c1C=NO.Cl. The highest BCUT2D eigenvalue weighted by Gasteiger charge is 2.16. The average molecular weight is 332 g/mol. The van der Waals surface area contributed by atoms with E-state index >= 15 is 0 Å². The second-order valence-electron chi connectivity index (χ2n) is 4.52. The molecule has 3 rings (SSSR count). The highest BCUT2D eigenvalue weighted by Crippen LogP contribution is 2.40. The molecule has 0 aliphatic heterocycles. The fraction of sp³-hybridized carbons (Fsp3) is 0.0625. The van der Waals surface area contributed by atoms with Crippen LogP contribution in [-0.4, -0.2) is 21.4 Å². The van der Waals surface area contributed by atoms with E-state index in [0.717, 1.165) is 32.0 Å². The minimum atomic E-state index is 0. The van der Waals surface area contributed by atoms with Crippen molar-refractivity contribution in [1.29, 1.82) is 0 Å². The topological polar surface area (TPSA) is 58.4 Å². The number of hydrogen-bond acceptors (Lipinski definition) is 5. The van der Waals surface area contributed by atoms with Gasteiger partial charge in [-0.15, -0.1) is 23.7 Å². The third-order valence-corrected chi connectivity index (χ3v) is 4.67. The highest BCUT2D eigenvalue weighted by molar-refractivity contribution is 7.19. The largest absolute Gasteiger partial charge is 0.411 e. The van der Waals surface area contributed by atoms with Crippen molar-refractivity contribution in [2.45, 2.75) is 6.92 Å². The van der Waals surface area contributed by atoms with Gasteiger partial charge in [0.25, 0.3) is 0 Å². The molecule has 0 radical (unpaired) electrons. The van der Waals surface area contributed by atoms with E-state index in [9.17, 15) is 0 Å². The summed E-state index contributed by atoms with van der Waals surface area (Å²) in [5.74, 6) is 0. The molecule has 3 heterocycles. The normalized spacial score (nSPS) is 10.6. The van der Waals surface area contributed by atoms with Gasteiger partial charge in [-0.2, -0.15) is 0 Å². The molecule has 0 fully saturated rings. The Bertz CT molecular complexity index is 773. The molecule has 112 valence electrons. The van der Waals surface area contributed by atoms with Crippen molar-refractivity contribution in [2.75, 3.05) is 0 Å². The van der Waals surface area contributed by atoms with Gasteiger partial charge in [0.1, 0.15) is 0 Å². The predicted molar refractivity (Wildman–Crippen MR) is 92.1 cm³/mol. The van der Waals surface area contributed by atoms with Crippen molar-refractivity contribution in [3.05, 3.63) is 60.2 Å². The molecule has 0 saturated heterocycles. The van der Waals surface area contributed by atoms with Crippen LogP contribution in [0.4, 0.5) is 0 Å². The van der Waals surface area contributed by atoms with Crippen LogP contribution in [0.5, 0.6) is 0 Å². The summed E-state index contributed by atoms with van der Waals surface area (Å²) in [5, 5.41) is 12.2. The highest BCUT2D eigenvalue weighted by atomic mass is 35.5. The second kappa shape index (κ2) is 7.15. The zero-order valence-electron chi connectivity index (χ0n) is 11.8. The van der Waals surface area contributed by atoms with Gasteiger partial charge in [0.05, 0.1) is 6.21 Å². The van der Waals surface area contributed by atoms with Crippen LogP contribution in [0, 0.1) is 6.92 Å². The number of nitrogens with zero attached hydrogens (tertiary/aromatic N) is 3. The number of rotatable bonds is 3. The van der Waals surface area contributed by atoms with Crippen LogP contribution in [0.3, 0.4) is 0 Å². The molecule has 22 heavy (non-hydrogen) atoms. The first-order chi connectivity index (χ1) is 10.3. The fourth-order valence-electron chi connectivity index (χ4n) is 2.24. The predicted octanol–water partition coefficient (Wildman–Crippen LogP) is 4.41. The quantitative estimate of drug-likeness (QED) is 0.439. The third kappa shape index (κ3) is 3.00. The van der Waals surface area contributed by atoms with Crippen LogP contribution in [-0.2, 0) is 0 Å². The van der Waals surface area contributed by atoms with Crippen molar-refractivity contribution in [3.63, 3.8) is 0 Å². The lowest BCUT2D eigenvalue weighted by molar-refractivity contribution is 0.322. The van der Waals surface area contributed by atoms with E-state index in [-0.39, 0.29) is 12.4 Å². The molecular formula is C16H14ClN3OS. The van der Waals surface area contributed by atoms with Crippen LogP contribution < -0.4 is 0 Å². The number of halogens is 1. The van der Waals surface area contributed by atoms with E-state index in [1.165, 1.54) is 6.21 Å². The molecule has 4 nitrogen and oxygen atoms in total. The summed E-state index contributed by atoms with van der Waals surface area (Å²) in [6, 6.07) is 7.87. The molecular weight excluding hydrogens is 318 g/mol. The van der Waals surface area contributed by atoms with Gasteiger partial charge in [-0.05, 0) is 47.9 Å². The average Bonchev–Trinajstić information content (AvgIpc) is 2.87. The van der Waals surface area contributed by atoms with Crippen LogP contribution >= 0.6 is 23.7 Å². The lowest BCUT2D eigenvalue weighted by Gasteiger charge is -1.99. The van der Waals surface area contributed by atoms with Gasteiger partial charge >= 0.3 is 0 Å². The van der Waals surface area contributed by atoms with Crippen LogP contribution in [0.15, 0.2) is 54.2 Å². The minimum Gasteiger partial charge on any atom is -0.411 e. The summed E-state index contributed by atoms with van der Waals surface area (Å²) >= 11 is 1.67. The summed E-state index contributed by atoms with van der Waals surface area (Å²) in [7, 11) is 0. The van der Waals surface area contributed by atoms with Gasteiger partial charge in [0.15, 0.2) is 0 Å². The fourth-order valence-corrected chi connectivity index (χ4v) is 3.53. The van der Waals surface area contributed by atoms with Gasteiger partial charge in [-0.25, -0.2) is 0 Å². The van der Waals surface area contributed by atoms with Crippen LogP contribution in [0.25, 0.3) is 20.9 Å². The first-order valence-electron chi connectivity index (χ1n) is 6.43. The van der Waals surface area contributed by atoms with Gasteiger partial charge in [-0.1, -0.05) is 5.16 Å². The van der Waals surface area contributed by atoms with E-state index in [4.69, 9.17) is 5.21 Å². The summed E-state index contributed by atoms with van der Waals surface area (Å²) < 4.78 is 0. The van der Waals surface area contributed by atoms with E-state index < -0.39 is 0 Å². The smallest absolute Gasteiger partial charge is 0.0751 e. The van der Waals surface area contributed by atoms with Crippen molar-refractivity contribution < 1.29 is 5.21 Å². The number of hydrogen-bond donors (Lipinski definition) is 1. The molecule has 0 aliphatic carbocycles. The van der Waals surface area contributed by atoms with Gasteiger partial charge in [0, 0.05) is 40.1 Å². The molecule has 0 saturated carbocycles. The first kappa shape index (κ1) is 16.1. The van der Waals surface area contributed by atoms with Crippen LogP contribution in [0.2, 0.25) is 0 Å². The number of thiophene rings is 1. The number of oxime groups is 1. The van der Waals surface area contributed by atoms with E-state index in [2.05, 4.69) is 15.1 Å². The standard InChI is InChI=1S/C16H13N3OS.ClH/c1-11-14(10-19-20)16(13-4-8-18-9-5-13)21-15(11)12-2-6-17-7-3-12;/h2-10,20H,1H3;1H. The molecule has 0 aliphatic rings. The Morgan fingerprint density at radius 3 is 1.95 bits per heavy atom. The van der Waals surface area contributed by atoms with Crippen molar-refractivity contribution in [3.8, 4) is 20.9 Å². The van der Waals surface area contributed by atoms with Gasteiger partial charge in [0.2, 0.25) is 0 Å². The second-order valence-corrected chi connectivity index (χ2v) is 5.54. The first-order valence-corrected chi connectivity index (χ1v) is 7.24. The van der Waals surface area contributed by atoms with Crippen molar-refractivity contribution >= 4 is 30.0 Å². The number of aromatic nitrogens is 2. The molecule has 0 bridgehead atoms. The Labute approximate surface area is 138 Å². The number of pyridine rings is 2. The van der Waals surface area contributed by atoms with Crippen molar-refractivity contribution in [1.82, 2.24) is 9.97 Å². The molecule has 1 N–H and O–H groups in total. The molecule has 0 atom stereocenters. The summed E-state index contributed by atoms with van der Waals surface area (Å²) in [6.07, 6.45) is 8.57. The minimum absolute atomic E-state index is 0. The monoisotopic (exact) mass is 331 g/mol. The summed E-state index contributed by atoms with van der Waals surface area (Å²) in [4.78, 5) is 10.3. The molecule has 6 heteroatoms. The maximum Gasteiger partial charge on any atom is 0.0751 e. The maximum atomic E-state index is 8.95. The van der Waals surface area contributed by atoms with Crippen LogP contribution in [0.1, 0.15) is 11.1 Å².